The third-order valence-electron chi connectivity index (χ3n) is 5.01. The van der Waals surface area contributed by atoms with Crippen LogP contribution in [0.3, 0.4) is 0 Å². The molecule has 0 heterocycles. The Morgan fingerprint density at radius 2 is 0.923 bits per heavy atom. The molecule has 1 atom stereocenters. The van der Waals surface area contributed by atoms with E-state index in [1.54, 1.807) is 0 Å². The van der Waals surface area contributed by atoms with Crippen molar-refractivity contribution in [1.29, 1.82) is 0 Å². The van der Waals surface area contributed by atoms with E-state index in [1.807, 2.05) is 0 Å². The first-order valence-electron chi connectivity index (χ1n) is 10.5. The van der Waals surface area contributed by atoms with Crippen LogP contribution in [0.25, 0.3) is 0 Å². The third-order valence-corrected chi connectivity index (χ3v) is 6.31. The van der Waals surface area contributed by atoms with Crippen LogP contribution in [-0.4, -0.2) is 18.0 Å². The SMILES string of the molecule is CCCCCCCCCCCC(F)(CCCCCCCC)S(=O)(=O)[O-].[Li+]. The van der Waals surface area contributed by atoms with Crippen molar-refractivity contribution in [2.45, 2.75) is 128 Å². The Balaban J connectivity index is 0. The van der Waals surface area contributed by atoms with E-state index >= 15 is 0 Å². The first kappa shape index (κ1) is 28.6. The van der Waals surface area contributed by atoms with Crippen molar-refractivity contribution < 1.29 is 36.2 Å². The summed E-state index contributed by atoms with van der Waals surface area (Å²) in [7, 11) is -4.89. The summed E-state index contributed by atoms with van der Waals surface area (Å²) >= 11 is 0. The smallest absolute Gasteiger partial charge is 0.745 e. The van der Waals surface area contributed by atoms with E-state index in [0.717, 1.165) is 51.4 Å². The second-order valence-corrected chi connectivity index (χ2v) is 9.07. The number of rotatable bonds is 18. The molecule has 0 amide bonds. The van der Waals surface area contributed by atoms with Crippen molar-refractivity contribution in [3.63, 3.8) is 0 Å². The minimum Gasteiger partial charge on any atom is -0.745 e. The van der Waals surface area contributed by atoms with Gasteiger partial charge in [-0.3, -0.25) is 0 Å². The molecule has 0 aliphatic carbocycles. The van der Waals surface area contributed by atoms with Gasteiger partial charge in [0.15, 0.2) is 5.00 Å². The van der Waals surface area contributed by atoms with E-state index in [2.05, 4.69) is 13.8 Å². The monoisotopic (exact) mass is 386 g/mol. The fourth-order valence-electron chi connectivity index (χ4n) is 3.24. The van der Waals surface area contributed by atoms with Crippen LogP contribution in [0.1, 0.15) is 123 Å². The summed E-state index contributed by atoms with van der Waals surface area (Å²) < 4.78 is 48.8. The van der Waals surface area contributed by atoms with Crippen LogP contribution in [0.2, 0.25) is 0 Å². The maximum Gasteiger partial charge on any atom is 1.00 e. The van der Waals surface area contributed by atoms with Gasteiger partial charge in [-0.25, -0.2) is 12.8 Å². The Hall–Kier alpha value is 0.437. The summed E-state index contributed by atoms with van der Waals surface area (Å²) in [4.78, 5) is 0. The number of hydrogen-bond acceptors (Lipinski definition) is 3. The van der Waals surface area contributed by atoms with E-state index in [9.17, 15) is 17.4 Å². The molecule has 1 unspecified atom stereocenters. The van der Waals surface area contributed by atoms with Crippen molar-refractivity contribution in [3.8, 4) is 0 Å². The number of alkyl halides is 1. The Kier molecular flexibility index (Phi) is 19.3. The number of hydrogen-bond donors (Lipinski definition) is 0. The van der Waals surface area contributed by atoms with Crippen molar-refractivity contribution >= 4 is 10.1 Å². The van der Waals surface area contributed by atoms with Crippen LogP contribution < -0.4 is 18.9 Å². The van der Waals surface area contributed by atoms with E-state index in [1.165, 1.54) is 32.1 Å². The standard InChI is InChI=1S/C20H41FO3S.Li/c1-3-5-7-9-11-12-13-15-17-19-20(21,25(22,23)24)18-16-14-10-8-6-4-2;/h3-19H2,1-2H3,(H,22,23,24);/q;+1/p-1. The van der Waals surface area contributed by atoms with Crippen molar-refractivity contribution in [2.75, 3.05) is 0 Å². The van der Waals surface area contributed by atoms with Gasteiger partial charge in [0, 0.05) is 0 Å². The predicted molar refractivity (Wildman–Crippen MR) is 103 cm³/mol. The molecule has 26 heavy (non-hydrogen) atoms. The van der Waals surface area contributed by atoms with Gasteiger partial charge in [-0.1, -0.05) is 97.3 Å². The normalized spacial score (nSPS) is 14.0. The average molecular weight is 387 g/mol. The molecule has 6 heteroatoms. The van der Waals surface area contributed by atoms with Gasteiger partial charge in [-0.05, 0) is 25.7 Å². The Bertz CT molecular complexity index is 404. The molecule has 0 aromatic carbocycles. The van der Waals surface area contributed by atoms with Gasteiger partial charge in [0.1, 0.15) is 10.1 Å². The molecule has 0 bridgehead atoms. The third kappa shape index (κ3) is 14.5. The van der Waals surface area contributed by atoms with Gasteiger partial charge >= 0.3 is 18.9 Å². The maximum atomic E-state index is 14.7. The van der Waals surface area contributed by atoms with Crippen molar-refractivity contribution in [2.24, 2.45) is 0 Å². The minimum atomic E-state index is -4.89. The maximum absolute atomic E-state index is 14.7. The second kappa shape index (κ2) is 17.5. The van der Waals surface area contributed by atoms with E-state index in [-0.39, 0.29) is 31.7 Å². The average Bonchev–Trinajstić information content (AvgIpc) is 2.55. The van der Waals surface area contributed by atoms with Gasteiger partial charge in [-0.15, -0.1) is 0 Å². The summed E-state index contributed by atoms with van der Waals surface area (Å²) in [5.74, 6) is 0. The molecule has 0 fully saturated rings. The summed E-state index contributed by atoms with van der Waals surface area (Å²) in [6.07, 6.45) is 15.0. The molecule has 0 saturated heterocycles. The molecule has 0 radical (unpaired) electrons. The molecule has 0 aromatic heterocycles. The largest absolute Gasteiger partial charge is 1.00 e. The van der Waals surface area contributed by atoms with Crippen LogP contribution in [0.15, 0.2) is 0 Å². The first-order chi connectivity index (χ1) is 11.9. The molecule has 0 aliphatic rings. The molecule has 0 spiro atoms. The van der Waals surface area contributed by atoms with Crippen LogP contribution in [0.4, 0.5) is 4.39 Å². The Labute approximate surface area is 174 Å². The van der Waals surface area contributed by atoms with Crippen molar-refractivity contribution in [3.05, 3.63) is 0 Å². The molecule has 0 aromatic rings. The summed E-state index contributed by atoms with van der Waals surface area (Å²) in [6, 6.07) is 0. The molecule has 0 saturated carbocycles. The molecule has 3 nitrogen and oxygen atoms in total. The molecular weight excluding hydrogens is 346 g/mol. The fraction of sp³-hybridized carbons (Fsp3) is 1.00. The number of halogens is 1. The van der Waals surface area contributed by atoms with Gasteiger partial charge in [0.25, 0.3) is 0 Å². The zero-order valence-electron chi connectivity index (χ0n) is 17.5. The van der Waals surface area contributed by atoms with Gasteiger partial charge < -0.3 is 4.55 Å². The Morgan fingerprint density at radius 1 is 0.654 bits per heavy atom. The molecule has 0 N–H and O–H groups in total. The predicted octanol–water partition coefficient (Wildman–Crippen LogP) is 3.87. The first-order valence-corrected chi connectivity index (χ1v) is 11.9. The Morgan fingerprint density at radius 3 is 1.19 bits per heavy atom. The van der Waals surface area contributed by atoms with E-state index < -0.39 is 15.1 Å². The van der Waals surface area contributed by atoms with Gasteiger partial charge in [0.05, 0.1) is 0 Å². The van der Waals surface area contributed by atoms with E-state index in [4.69, 9.17) is 0 Å². The molecule has 152 valence electrons. The summed E-state index contributed by atoms with van der Waals surface area (Å²) in [5.41, 5.74) is 0. The molecule has 0 aliphatic heterocycles. The van der Waals surface area contributed by atoms with Gasteiger partial charge in [0.2, 0.25) is 0 Å². The molecule has 0 rings (SSSR count). The van der Waals surface area contributed by atoms with E-state index in [0.29, 0.717) is 12.8 Å². The van der Waals surface area contributed by atoms with Gasteiger partial charge in [-0.2, -0.15) is 0 Å². The summed E-state index contributed by atoms with van der Waals surface area (Å²) in [5, 5.41) is -2.56. The zero-order chi connectivity index (χ0) is 19.0. The quantitative estimate of drug-likeness (QED) is 0.204. The van der Waals surface area contributed by atoms with Crippen LogP contribution in [-0.2, 0) is 10.1 Å². The molecular formula is C20H40FLiO3S. The van der Waals surface area contributed by atoms with Crippen LogP contribution in [0.5, 0.6) is 0 Å². The zero-order valence-corrected chi connectivity index (χ0v) is 18.3. The fourth-order valence-corrected chi connectivity index (χ4v) is 4.03. The van der Waals surface area contributed by atoms with Crippen LogP contribution in [0, 0.1) is 0 Å². The minimum absolute atomic E-state index is 0. The topological polar surface area (TPSA) is 57.2 Å². The van der Waals surface area contributed by atoms with Crippen LogP contribution >= 0.6 is 0 Å². The second-order valence-electron chi connectivity index (χ2n) is 7.43. The number of unbranched alkanes of at least 4 members (excludes halogenated alkanes) is 13. The summed E-state index contributed by atoms with van der Waals surface area (Å²) in [6.45, 7) is 4.32. The van der Waals surface area contributed by atoms with Crippen molar-refractivity contribution in [1.82, 2.24) is 0 Å².